The molecular weight excluding hydrogens is 228 g/mol. The zero-order valence-corrected chi connectivity index (χ0v) is 10.7. The van der Waals surface area contributed by atoms with E-state index in [4.69, 9.17) is 0 Å². The van der Waals surface area contributed by atoms with Gasteiger partial charge >= 0.3 is 0 Å². The van der Waals surface area contributed by atoms with Gasteiger partial charge in [0.2, 0.25) is 0 Å². The number of hydrogen-bond acceptors (Lipinski definition) is 3. The lowest BCUT2D eigenvalue weighted by molar-refractivity contribution is -0.383. The minimum absolute atomic E-state index is 0.129. The van der Waals surface area contributed by atoms with Crippen molar-refractivity contribution in [3.8, 4) is 0 Å². The summed E-state index contributed by atoms with van der Waals surface area (Å²) in [5, 5.41) is 14.1. The number of allylic oxidation sites excluding steroid dienone is 2. The molecule has 0 bridgehead atoms. The first-order valence-electron chi connectivity index (χ1n) is 6.27. The van der Waals surface area contributed by atoms with Crippen molar-refractivity contribution in [1.82, 2.24) is 0 Å². The highest BCUT2D eigenvalue weighted by Gasteiger charge is 2.19. The number of rotatable bonds is 3. The second kappa shape index (κ2) is 5.21. The third-order valence-electron chi connectivity index (χ3n) is 3.22. The van der Waals surface area contributed by atoms with Gasteiger partial charge in [-0.1, -0.05) is 32.1 Å². The van der Waals surface area contributed by atoms with Crippen molar-refractivity contribution in [2.75, 3.05) is 5.32 Å². The molecule has 0 heterocycles. The summed E-state index contributed by atoms with van der Waals surface area (Å²) in [5.74, 6) is 1.15. The van der Waals surface area contributed by atoms with Crippen molar-refractivity contribution in [2.24, 2.45) is 11.8 Å². The molecule has 0 fully saturated rings. The summed E-state index contributed by atoms with van der Waals surface area (Å²) in [7, 11) is 0. The first kappa shape index (κ1) is 12.6. The quantitative estimate of drug-likeness (QED) is 0.648. The lowest BCUT2D eigenvalue weighted by atomic mass is 9.87. The van der Waals surface area contributed by atoms with Crippen molar-refractivity contribution in [2.45, 2.75) is 26.7 Å². The first-order chi connectivity index (χ1) is 8.56. The van der Waals surface area contributed by atoms with Crippen LogP contribution in [0.1, 0.15) is 26.7 Å². The third-order valence-corrected chi connectivity index (χ3v) is 3.22. The second-order valence-electron chi connectivity index (χ2n) is 5.11. The van der Waals surface area contributed by atoms with Crippen LogP contribution in [0.2, 0.25) is 0 Å². The molecule has 0 saturated carbocycles. The highest BCUT2D eigenvalue weighted by molar-refractivity contribution is 5.63. The number of nitro benzene ring substituents is 1. The fourth-order valence-corrected chi connectivity index (χ4v) is 2.58. The van der Waals surface area contributed by atoms with Crippen molar-refractivity contribution in [1.29, 1.82) is 0 Å². The molecule has 4 nitrogen and oxygen atoms in total. The normalized spacial score (nSPS) is 23.3. The Kier molecular flexibility index (Phi) is 3.65. The van der Waals surface area contributed by atoms with Crippen molar-refractivity contribution >= 4 is 11.4 Å². The number of nitro groups is 1. The fourth-order valence-electron chi connectivity index (χ4n) is 2.58. The largest absolute Gasteiger partial charge is 0.354 e. The molecule has 1 N–H and O–H groups in total. The Morgan fingerprint density at radius 1 is 1.33 bits per heavy atom. The van der Waals surface area contributed by atoms with Gasteiger partial charge < -0.3 is 5.32 Å². The third kappa shape index (κ3) is 2.88. The van der Waals surface area contributed by atoms with Gasteiger partial charge in [-0.05, 0) is 30.7 Å². The molecule has 96 valence electrons. The average Bonchev–Trinajstić information content (AvgIpc) is 2.27. The minimum Gasteiger partial charge on any atom is -0.354 e. The van der Waals surface area contributed by atoms with Crippen molar-refractivity contribution in [3.05, 3.63) is 46.2 Å². The Bertz CT molecular complexity index is 482. The molecule has 0 saturated heterocycles. The van der Waals surface area contributed by atoms with Crippen LogP contribution >= 0.6 is 0 Å². The molecule has 2 rings (SSSR count). The van der Waals surface area contributed by atoms with Gasteiger partial charge in [0.1, 0.15) is 5.69 Å². The molecule has 0 radical (unpaired) electrons. The Morgan fingerprint density at radius 2 is 2.06 bits per heavy atom. The summed E-state index contributed by atoms with van der Waals surface area (Å²) in [4.78, 5) is 10.6. The molecule has 1 aromatic carbocycles. The maximum absolute atomic E-state index is 10.9. The molecule has 1 aliphatic rings. The number of anilines is 1. The molecule has 2 atom stereocenters. The average molecular weight is 246 g/mol. The van der Waals surface area contributed by atoms with E-state index in [2.05, 4.69) is 25.2 Å². The molecular formula is C14H18N2O2. The van der Waals surface area contributed by atoms with Gasteiger partial charge in [0.05, 0.1) is 4.92 Å². The van der Waals surface area contributed by atoms with Gasteiger partial charge in [-0.2, -0.15) is 0 Å². The predicted octanol–water partition coefficient (Wildman–Crippen LogP) is 3.96. The van der Waals surface area contributed by atoms with E-state index in [1.54, 1.807) is 12.1 Å². The standard InChI is InChI=1S/C14H18N2O2/c1-10-7-11(2)9-12(8-10)15-13-5-3-4-6-14(13)16(17)18/h3-6,8,10-11,15H,7,9H2,1-2H3. The van der Waals surface area contributed by atoms with E-state index in [-0.39, 0.29) is 10.6 Å². The number of nitrogens with zero attached hydrogens (tertiary/aromatic N) is 1. The highest BCUT2D eigenvalue weighted by Crippen LogP contribution is 2.31. The molecule has 2 unspecified atom stereocenters. The Labute approximate surface area is 107 Å². The van der Waals surface area contributed by atoms with Crippen LogP contribution in [0.5, 0.6) is 0 Å². The minimum atomic E-state index is -0.349. The molecule has 1 aromatic rings. The van der Waals surface area contributed by atoms with Crippen LogP contribution in [0.15, 0.2) is 36.0 Å². The molecule has 0 amide bonds. The number of benzene rings is 1. The lowest BCUT2D eigenvalue weighted by Crippen LogP contribution is -2.14. The van der Waals surface area contributed by atoms with Gasteiger partial charge in [-0.15, -0.1) is 0 Å². The summed E-state index contributed by atoms with van der Waals surface area (Å²) in [6.45, 7) is 4.39. The van der Waals surface area contributed by atoms with E-state index in [0.29, 0.717) is 17.5 Å². The highest BCUT2D eigenvalue weighted by atomic mass is 16.6. The molecule has 18 heavy (non-hydrogen) atoms. The van der Waals surface area contributed by atoms with E-state index in [0.717, 1.165) is 12.1 Å². The van der Waals surface area contributed by atoms with Gasteiger partial charge in [-0.25, -0.2) is 0 Å². The van der Waals surface area contributed by atoms with Gasteiger partial charge in [0.15, 0.2) is 0 Å². The van der Waals surface area contributed by atoms with Gasteiger partial charge in [-0.3, -0.25) is 10.1 Å². The van der Waals surface area contributed by atoms with Crippen LogP contribution < -0.4 is 5.32 Å². The molecule has 0 aromatic heterocycles. The van der Waals surface area contributed by atoms with Crippen LogP contribution in [0.4, 0.5) is 11.4 Å². The van der Waals surface area contributed by atoms with E-state index in [1.807, 2.05) is 6.07 Å². The molecule has 1 aliphatic carbocycles. The Hall–Kier alpha value is -1.84. The summed E-state index contributed by atoms with van der Waals surface area (Å²) in [6.07, 6.45) is 4.31. The summed E-state index contributed by atoms with van der Waals surface area (Å²) < 4.78 is 0. The first-order valence-corrected chi connectivity index (χ1v) is 6.27. The maximum Gasteiger partial charge on any atom is 0.292 e. The zero-order valence-electron chi connectivity index (χ0n) is 10.7. The fraction of sp³-hybridized carbons (Fsp3) is 0.429. The van der Waals surface area contributed by atoms with Crippen molar-refractivity contribution in [3.63, 3.8) is 0 Å². The lowest BCUT2D eigenvalue weighted by Gasteiger charge is -2.24. The van der Waals surface area contributed by atoms with Gasteiger partial charge in [0, 0.05) is 11.8 Å². The Morgan fingerprint density at radius 3 is 2.72 bits per heavy atom. The van der Waals surface area contributed by atoms with Crippen molar-refractivity contribution < 1.29 is 4.92 Å². The van der Waals surface area contributed by atoms with Gasteiger partial charge in [0.25, 0.3) is 5.69 Å². The molecule has 0 spiro atoms. The van der Waals surface area contributed by atoms with E-state index in [1.165, 1.54) is 12.5 Å². The summed E-state index contributed by atoms with van der Waals surface area (Å²) in [5.41, 5.74) is 1.80. The maximum atomic E-state index is 10.9. The number of para-hydroxylation sites is 2. The van der Waals surface area contributed by atoms with Crippen LogP contribution in [-0.4, -0.2) is 4.92 Å². The topological polar surface area (TPSA) is 55.2 Å². The number of nitrogens with one attached hydrogen (secondary N) is 1. The van der Waals surface area contributed by atoms with E-state index < -0.39 is 0 Å². The summed E-state index contributed by atoms with van der Waals surface area (Å²) >= 11 is 0. The molecule has 0 aliphatic heterocycles. The Balaban J connectivity index is 2.22. The van der Waals surface area contributed by atoms with Crippen LogP contribution in [0.3, 0.4) is 0 Å². The number of hydrogen-bond donors (Lipinski definition) is 1. The van der Waals surface area contributed by atoms with Crippen LogP contribution in [-0.2, 0) is 0 Å². The van der Waals surface area contributed by atoms with E-state index >= 15 is 0 Å². The smallest absolute Gasteiger partial charge is 0.292 e. The van der Waals surface area contributed by atoms with Crippen LogP contribution in [0.25, 0.3) is 0 Å². The summed E-state index contributed by atoms with van der Waals surface area (Å²) in [6, 6.07) is 6.77. The van der Waals surface area contributed by atoms with E-state index in [9.17, 15) is 10.1 Å². The second-order valence-corrected chi connectivity index (χ2v) is 5.11. The zero-order chi connectivity index (χ0) is 13.1. The molecule has 4 heteroatoms. The predicted molar refractivity (Wildman–Crippen MR) is 72.4 cm³/mol. The monoisotopic (exact) mass is 246 g/mol. The van der Waals surface area contributed by atoms with Crippen LogP contribution in [0, 0.1) is 22.0 Å². The SMILES string of the molecule is CC1C=C(Nc2ccccc2[N+](=O)[O-])CC(C)C1.